The highest BCUT2D eigenvalue weighted by Gasteiger charge is 2.48. The van der Waals surface area contributed by atoms with Gasteiger partial charge in [0, 0.05) is 11.9 Å². The summed E-state index contributed by atoms with van der Waals surface area (Å²) in [6, 6.07) is 10.9. The fraction of sp³-hybridized carbons (Fsp3) is 0.353. The second-order valence-corrected chi connectivity index (χ2v) is 5.85. The molecule has 0 bridgehead atoms. The topological polar surface area (TPSA) is 52.6 Å². The predicted octanol–water partition coefficient (Wildman–Crippen LogP) is 3.76. The number of anilines is 1. The van der Waals surface area contributed by atoms with Gasteiger partial charge in [-0.3, -0.25) is 0 Å². The molecular weight excluding hydrogens is 321 g/mol. The summed E-state index contributed by atoms with van der Waals surface area (Å²) in [5.74, 6) is 0. The normalized spacial score (nSPS) is 19.5. The molecule has 1 heterocycles. The van der Waals surface area contributed by atoms with Gasteiger partial charge in [0.05, 0.1) is 11.7 Å². The summed E-state index contributed by atoms with van der Waals surface area (Å²) in [7, 11) is 0. The minimum Gasteiger partial charge on any atom is -0.382 e. The van der Waals surface area contributed by atoms with Crippen LogP contribution in [0.4, 0.5) is 23.7 Å². The lowest BCUT2D eigenvalue weighted by Gasteiger charge is -2.30. The summed E-state index contributed by atoms with van der Waals surface area (Å²) < 4.78 is 38.3. The quantitative estimate of drug-likeness (QED) is 0.876. The van der Waals surface area contributed by atoms with Crippen molar-refractivity contribution in [2.75, 3.05) is 11.9 Å². The van der Waals surface area contributed by atoms with E-state index in [9.17, 15) is 23.1 Å². The van der Waals surface area contributed by atoms with Gasteiger partial charge in [-0.1, -0.05) is 36.4 Å². The first-order valence-corrected chi connectivity index (χ1v) is 7.68. The zero-order valence-electron chi connectivity index (χ0n) is 12.8. The van der Waals surface area contributed by atoms with Crippen molar-refractivity contribution in [2.45, 2.75) is 31.2 Å². The SMILES string of the molecule is O=C(Nc1cccc2ccccc12)N1CCCC1C(O)C(F)(F)F. The number of nitrogens with zero attached hydrogens (tertiary/aromatic N) is 1. The number of nitrogens with one attached hydrogen (secondary N) is 1. The Balaban J connectivity index is 1.81. The number of rotatable bonds is 2. The number of likely N-dealkylation sites (tertiary alicyclic amines) is 1. The molecule has 1 aliphatic rings. The Morgan fingerprint density at radius 3 is 2.67 bits per heavy atom. The first kappa shape index (κ1) is 16.6. The number of fused-ring (bicyclic) bond motifs is 1. The van der Waals surface area contributed by atoms with Gasteiger partial charge in [0.25, 0.3) is 0 Å². The third-order valence-electron chi connectivity index (χ3n) is 4.29. The molecular formula is C17H17F3N2O2. The van der Waals surface area contributed by atoms with Crippen molar-refractivity contribution in [3.63, 3.8) is 0 Å². The molecule has 24 heavy (non-hydrogen) atoms. The minimum atomic E-state index is -4.74. The zero-order chi connectivity index (χ0) is 17.3. The second kappa shape index (κ2) is 6.32. The van der Waals surface area contributed by atoms with Crippen molar-refractivity contribution in [2.24, 2.45) is 0 Å². The predicted molar refractivity (Wildman–Crippen MR) is 84.8 cm³/mol. The monoisotopic (exact) mass is 338 g/mol. The molecule has 1 aliphatic heterocycles. The molecule has 0 radical (unpaired) electrons. The van der Waals surface area contributed by atoms with E-state index in [1.807, 2.05) is 30.3 Å². The van der Waals surface area contributed by atoms with Gasteiger partial charge in [-0.2, -0.15) is 13.2 Å². The smallest absolute Gasteiger partial charge is 0.382 e. The lowest BCUT2D eigenvalue weighted by atomic mass is 10.1. The van der Waals surface area contributed by atoms with Gasteiger partial charge >= 0.3 is 12.2 Å². The Kier molecular flexibility index (Phi) is 4.36. The molecule has 2 unspecified atom stereocenters. The molecule has 2 atom stereocenters. The Bertz CT molecular complexity index is 743. The molecule has 0 spiro atoms. The summed E-state index contributed by atoms with van der Waals surface area (Å²) in [5.41, 5.74) is 0.533. The lowest BCUT2D eigenvalue weighted by molar-refractivity contribution is -0.216. The molecule has 2 amide bonds. The average molecular weight is 338 g/mol. The molecule has 2 N–H and O–H groups in total. The fourth-order valence-electron chi connectivity index (χ4n) is 3.11. The molecule has 3 rings (SSSR count). The summed E-state index contributed by atoms with van der Waals surface area (Å²) in [6.45, 7) is 0.189. The number of alkyl halides is 3. The number of amides is 2. The Hall–Kier alpha value is -2.28. The second-order valence-electron chi connectivity index (χ2n) is 5.85. The van der Waals surface area contributed by atoms with Gasteiger partial charge in [-0.15, -0.1) is 0 Å². The number of aliphatic hydroxyl groups is 1. The van der Waals surface area contributed by atoms with Crippen LogP contribution >= 0.6 is 0 Å². The van der Waals surface area contributed by atoms with Crippen molar-refractivity contribution in [1.82, 2.24) is 4.90 Å². The van der Waals surface area contributed by atoms with E-state index in [1.165, 1.54) is 0 Å². The van der Waals surface area contributed by atoms with Crippen LogP contribution in [0, 0.1) is 0 Å². The molecule has 0 saturated carbocycles. The molecule has 7 heteroatoms. The van der Waals surface area contributed by atoms with Crippen LogP contribution in [0.5, 0.6) is 0 Å². The van der Waals surface area contributed by atoms with Crippen LogP contribution < -0.4 is 5.32 Å². The van der Waals surface area contributed by atoms with E-state index in [0.29, 0.717) is 12.1 Å². The molecule has 1 fully saturated rings. The highest BCUT2D eigenvalue weighted by molar-refractivity contribution is 6.01. The number of benzene rings is 2. The summed E-state index contributed by atoms with van der Waals surface area (Å²) in [6.07, 6.45) is -6.71. The van der Waals surface area contributed by atoms with Crippen LogP contribution in [-0.4, -0.2) is 40.9 Å². The van der Waals surface area contributed by atoms with E-state index in [4.69, 9.17) is 0 Å². The molecule has 0 aromatic heterocycles. The highest BCUT2D eigenvalue weighted by Crippen LogP contribution is 2.31. The van der Waals surface area contributed by atoms with Crippen LogP contribution in [0.2, 0.25) is 0 Å². The third-order valence-corrected chi connectivity index (χ3v) is 4.29. The molecule has 128 valence electrons. The van der Waals surface area contributed by atoms with Crippen molar-refractivity contribution in [3.8, 4) is 0 Å². The van der Waals surface area contributed by atoms with Crippen molar-refractivity contribution >= 4 is 22.5 Å². The van der Waals surface area contributed by atoms with Gasteiger partial charge in [0.15, 0.2) is 6.10 Å². The molecule has 0 aliphatic carbocycles. The highest BCUT2D eigenvalue weighted by atomic mass is 19.4. The van der Waals surface area contributed by atoms with Gasteiger partial charge in [0.2, 0.25) is 0 Å². The first-order chi connectivity index (χ1) is 11.4. The number of carbonyl (C=O) groups excluding carboxylic acids is 1. The Morgan fingerprint density at radius 2 is 1.92 bits per heavy atom. The largest absolute Gasteiger partial charge is 0.416 e. The van der Waals surface area contributed by atoms with Crippen LogP contribution in [0.3, 0.4) is 0 Å². The maximum Gasteiger partial charge on any atom is 0.416 e. The molecule has 2 aromatic carbocycles. The van der Waals surface area contributed by atoms with Crippen molar-refractivity contribution in [1.29, 1.82) is 0 Å². The Labute approximate surface area is 136 Å². The number of hydrogen-bond acceptors (Lipinski definition) is 2. The average Bonchev–Trinajstić information content (AvgIpc) is 3.03. The van der Waals surface area contributed by atoms with E-state index in [-0.39, 0.29) is 13.0 Å². The van der Waals surface area contributed by atoms with Crippen molar-refractivity contribution in [3.05, 3.63) is 42.5 Å². The third kappa shape index (κ3) is 3.17. The van der Waals surface area contributed by atoms with Crippen LogP contribution in [-0.2, 0) is 0 Å². The molecule has 2 aromatic rings. The van der Waals surface area contributed by atoms with E-state index < -0.39 is 24.4 Å². The van der Waals surface area contributed by atoms with E-state index in [0.717, 1.165) is 15.7 Å². The van der Waals surface area contributed by atoms with Crippen LogP contribution in [0.1, 0.15) is 12.8 Å². The standard InChI is InChI=1S/C17H17F3N2O2/c18-17(19,20)15(23)14-9-4-10-22(14)16(24)21-13-8-3-6-11-5-1-2-7-12(11)13/h1-3,5-8,14-15,23H,4,9-10H2,(H,21,24). The lowest BCUT2D eigenvalue weighted by Crippen LogP contribution is -2.50. The Morgan fingerprint density at radius 1 is 1.21 bits per heavy atom. The zero-order valence-corrected chi connectivity index (χ0v) is 12.8. The van der Waals surface area contributed by atoms with Gasteiger partial charge < -0.3 is 15.3 Å². The number of halogens is 3. The summed E-state index contributed by atoms with van der Waals surface area (Å²) in [4.78, 5) is 13.5. The maximum atomic E-state index is 12.8. The fourth-order valence-corrected chi connectivity index (χ4v) is 3.11. The van der Waals surface area contributed by atoms with Gasteiger partial charge in [-0.25, -0.2) is 4.79 Å². The molecule has 4 nitrogen and oxygen atoms in total. The number of hydrogen-bond donors (Lipinski definition) is 2. The van der Waals surface area contributed by atoms with Crippen molar-refractivity contribution < 1.29 is 23.1 Å². The summed E-state index contributed by atoms with van der Waals surface area (Å²) >= 11 is 0. The number of aliphatic hydroxyl groups excluding tert-OH is 1. The van der Waals surface area contributed by atoms with Gasteiger partial charge in [0.1, 0.15) is 0 Å². The van der Waals surface area contributed by atoms with Gasteiger partial charge in [-0.05, 0) is 24.3 Å². The molecule has 1 saturated heterocycles. The number of carbonyl (C=O) groups is 1. The van der Waals surface area contributed by atoms with E-state index >= 15 is 0 Å². The van der Waals surface area contributed by atoms with E-state index in [1.54, 1.807) is 12.1 Å². The number of urea groups is 1. The minimum absolute atomic E-state index is 0.129. The maximum absolute atomic E-state index is 12.8. The van der Waals surface area contributed by atoms with Crippen LogP contribution in [0.15, 0.2) is 42.5 Å². The van der Waals surface area contributed by atoms with E-state index in [2.05, 4.69) is 5.32 Å². The summed E-state index contributed by atoms with van der Waals surface area (Å²) in [5, 5.41) is 13.9. The first-order valence-electron chi connectivity index (χ1n) is 7.68. The van der Waals surface area contributed by atoms with Crippen LogP contribution in [0.25, 0.3) is 10.8 Å².